The number of fused-ring (bicyclic) bond motifs is 3. The van der Waals surface area contributed by atoms with E-state index >= 15 is 0 Å². The first-order valence-corrected chi connectivity index (χ1v) is 7.55. The number of allylic oxidation sites excluding steroid dienone is 2. The number of benzene rings is 2. The van der Waals surface area contributed by atoms with Crippen molar-refractivity contribution < 1.29 is 9.59 Å². The summed E-state index contributed by atoms with van der Waals surface area (Å²) in [5, 5.41) is 0. The number of hydrogen-bond acceptors (Lipinski definition) is 2. The van der Waals surface area contributed by atoms with Crippen LogP contribution in [-0.4, -0.2) is 11.6 Å². The van der Waals surface area contributed by atoms with Crippen LogP contribution < -0.4 is 0 Å². The van der Waals surface area contributed by atoms with Crippen molar-refractivity contribution in [2.75, 3.05) is 0 Å². The third-order valence-corrected chi connectivity index (χ3v) is 4.18. The van der Waals surface area contributed by atoms with Crippen LogP contribution in [0.4, 0.5) is 0 Å². The summed E-state index contributed by atoms with van der Waals surface area (Å²) < 4.78 is 0. The number of ketones is 2. The third kappa shape index (κ3) is 2.57. The molecule has 1 aliphatic rings. The van der Waals surface area contributed by atoms with E-state index in [9.17, 15) is 9.59 Å². The van der Waals surface area contributed by atoms with Gasteiger partial charge < -0.3 is 0 Å². The summed E-state index contributed by atoms with van der Waals surface area (Å²) in [6, 6.07) is 11.5. The molecule has 2 heteroatoms. The van der Waals surface area contributed by atoms with Gasteiger partial charge in [0.15, 0.2) is 11.6 Å². The molecule has 0 N–H and O–H groups in total. The molecule has 0 saturated heterocycles. The van der Waals surface area contributed by atoms with Gasteiger partial charge in [-0.3, -0.25) is 9.59 Å². The van der Waals surface area contributed by atoms with E-state index in [1.807, 2.05) is 36.4 Å². The Morgan fingerprint density at radius 1 is 0.783 bits per heavy atom. The van der Waals surface area contributed by atoms with E-state index in [4.69, 9.17) is 0 Å². The average molecular weight is 302 g/mol. The lowest BCUT2D eigenvalue weighted by Crippen LogP contribution is -2.00. The van der Waals surface area contributed by atoms with Crippen LogP contribution in [0.25, 0.3) is 11.1 Å². The Kier molecular flexibility index (Phi) is 3.61. The molecule has 0 saturated carbocycles. The highest BCUT2D eigenvalue weighted by Gasteiger charge is 2.21. The van der Waals surface area contributed by atoms with Gasteiger partial charge in [-0.15, -0.1) is 0 Å². The highest BCUT2D eigenvalue weighted by atomic mass is 16.1. The Hall–Kier alpha value is -2.74. The second-order valence-electron chi connectivity index (χ2n) is 6.14. The van der Waals surface area contributed by atoms with Crippen molar-refractivity contribution in [3.8, 4) is 11.1 Å². The zero-order valence-electron chi connectivity index (χ0n) is 13.4. The minimum Gasteiger partial charge on any atom is -0.289 e. The van der Waals surface area contributed by atoms with Crippen LogP contribution in [0.1, 0.15) is 45.7 Å². The number of carbonyl (C=O) groups excluding carboxylic acids is 2. The number of hydrogen-bond donors (Lipinski definition) is 0. The maximum atomic E-state index is 12.1. The van der Waals surface area contributed by atoms with Gasteiger partial charge in [-0.1, -0.05) is 37.4 Å². The van der Waals surface area contributed by atoms with Gasteiger partial charge in [0.1, 0.15) is 0 Å². The van der Waals surface area contributed by atoms with E-state index in [2.05, 4.69) is 13.2 Å². The summed E-state index contributed by atoms with van der Waals surface area (Å²) in [4.78, 5) is 24.2. The van der Waals surface area contributed by atoms with Gasteiger partial charge in [0.2, 0.25) is 0 Å². The molecule has 0 aliphatic heterocycles. The predicted molar refractivity (Wildman–Crippen MR) is 93.0 cm³/mol. The summed E-state index contributed by atoms with van der Waals surface area (Å²) in [6.07, 6.45) is 0.735. The van der Waals surface area contributed by atoms with Gasteiger partial charge in [-0.05, 0) is 65.8 Å². The fourth-order valence-corrected chi connectivity index (χ4v) is 2.99. The maximum Gasteiger partial charge on any atom is 0.188 e. The van der Waals surface area contributed by atoms with Crippen LogP contribution in [0, 0.1) is 0 Å². The topological polar surface area (TPSA) is 34.1 Å². The highest BCUT2D eigenvalue weighted by molar-refractivity contribution is 6.09. The Morgan fingerprint density at radius 3 is 1.52 bits per heavy atom. The molecule has 0 fully saturated rings. The van der Waals surface area contributed by atoms with Crippen LogP contribution in [0.5, 0.6) is 0 Å². The molecule has 1 aliphatic carbocycles. The molecule has 2 aromatic rings. The zero-order chi connectivity index (χ0) is 16.7. The Morgan fingerprint density at radius 2 is 1.17 bits per heavy atom. The van der Waals surface area contributed by atoms with Gasteiger partial charge in [0, 0.05) is 11.1 Å². The van der Waals surface area contributed by atoms with Crippen molar-refractivity contribution in [2.24, 2.45) is 0 Å². The minimum absolute atomic E-state index is 0.0260. The monoisotopic (exact) mass is 302 g/mol. The molecule has 3 rings (SSSR count). The standard InChI is InChI=1S/C21H18O2/c1-12(2)20(22)14-5-7-18-16(9-14)11-17-10-15(6-8-19(17)18)21(23)13(3)4/h5-10H,1,3,11H2,2,4H3. The number of carbonyl (C=O) groups is 2. The SMILES string of the molecule is C=C(C)C(=O)c1ccc2c(c1)Cc1cc(C(=O)C(=C)C)ccc1-2. The molecule has 0 bridgehead atoms. The van der Waals surface area contributed by atoms with Crippen molar-refractivity contribution in [2.45, 2.75) is 20.3 Å². The normalized spacial score (nSPS) is 11.6. The van der Waals surface area contributed by atoms with E-state index in [1.165, 1.54) is 0 Å². The van der Waals surface area contributed by atoms with Crippen LogP contribution >= 0.6 is 0 Å². The quantitative estimate of drug-likeness (QED) is 0.513. The molecule has 23 heavy (non-hydrogen) atoms. The lowest BCUT2D eigenvalue weighted by molar-refractivity contribution is 0.102. The molecule has 0 aromatic heterocycles. The molecule has 114 valence electrons. The van der Waals surface area contributed by atoms with Crippen LogP contribution in [-0.2, 0) is 6.42 Å². The van der Waals surface area contributed by atoms with Crippen molar-refractivity contribution >= 4 is 11.6 Å². The van der Waals surface area contributed by atoms with E-state index in [1.54, 1.807) is 13.8 Å². The van der Waals surface area contributed by atoms with Gasteiger partial charge in [0.25, 0.3) is 0 Å². The molecular formula is C21H18O2. The van der Waals surface area contributed by atoms with Gasteiger partial charge >= 0.3 is 0 Å². The van der Waals surface area contributed by atoms with Gasteiger partial charge in [-0.25, -0.2) is 0 Å². The lowest BCUT2D eigenvalue weighted by Gasteiger charge is -2.05. The average Bonchev–Trinajstić information content (AvgIpc) is 2.89. The van der Waals surface area contributed by atoms with Crippen LogP contribution in [0.3, 0.4) is 0 Å². The molecule has 2 aromatic carbocycles. The largest absolute Gasteiger partial charge is 0.289 e. The Bertz CT molecular complexity index is 811. The van der Waals surface area contributed by atoms with Gasteiger partial charge in [0.05, 0.1) is 0 Å². The molecule has 0 spiro atoms. The summed E-state index contributed by atoms with van der Waals surface area (Å²) in [6.45, 7) is 10.9. The third-order valence-electron chi connectivity index (χ3n) is 4.18. The molecular weight excluding hydrogens is 284 g/mol. The summed E-state index contributed by atoms with van der Waals surface area (Å²) >= 11 is 0. The Balaban J connectivity index is 2.01. The number of Topliss-reactive ketones (excluding diaryl/α,β-unsaturated/α-hetero) is 2. The second kappa shape index (κ2) is 5.47. The minimum atomic E-state index is -0.0260. The molecule has 0 unspecified atom stereocenters. The first-order chi connectivity index (χ1) is 10.9. The summed E-state index contributed by atoms with van der Waals surface area (Å²) in [7, 11) is 0. The predicted octanol–water partition coefficient (Wildman–Crippen LogP) is 4.78. The van der Waals surface area contributed by atoms with Crippen LogP contribution in [0.15, 0.2) is 60.7 Å². The number of rotatable bonds is 4. The highest BCUT2D eigenvalue weighted by Crippen LogP contribution is 2.37. The first-order valence-electron chi connectivity index (χ1n) is 7.55. The fourth-order valence-electron chi connectivity index (χ4n) is 2.99. The molecule has 0 atom stereocenters. The Labute approximate surface area is 136 Å². The second-order valence-corrected chi connectivity index (χ2v) is 6.14. The van der Waals surface area contributed by atoms with E-state index in [-0.39, 0.29) is 11.6 Å². The summed E-state index contributed by atoms with van der Waals surface area (Å²) in [5.74, 6) is -0.0520. The van der Waals surface area contributed by atoms with Crippen molar-refractivity contribution in [1.82, 2.24) is 0 Å². The van der Waals surface area contributed by atoms with E-state index in [0.717, 1.165) is 28.7 Å². The molecule has 0 radical (unpaired) electrons. The fraction of sp³-hybridized carbons (Fsp3) is 0.143. The molecule has 0 amide bonds. The van der Waals surface area contributed by atoms with Crippen molar-refractivity contribution in [1.29, 1.82) is 0 Å². The van der Waals surface area contributed by atoms with Crippen molar-refractivity contribution in [3.63, 3.8) is 0 Å². The lowest BCUT2D eigenvalue weighted by atomic mass is 9.98. The molecule has 2 nitrogen and oxygen atoms in total. The molecule has 0 heterocycles. The van der Waals surface area contributed by atoms with Crippen molar-refractivity contribution in [3.05, 3.63) is 83.0 Å². The maximum absolute atomic E-state index is 12.1. The summed E-state index contributed by atoms with van der Waals surface area (Å²) in [5.41, 5.74) is 6.91. The smallest absolute Gasteiger partial charge is 0.188 e. The van der Waals surface area contributed by atoms with Crippen LogP contribution in [0.2, 0.25) is 0 Å². The first kappa shape index (κ1) is 15.2. The van der Waals surface area contributed by atoms with Gasteiger partial charge in [-0.2, -0.15) is 0 Å². The zero-order valence-corrected chi connectivity index (χ0v) is 13.4. The van der Waals surface area contributed by atoms with E-state index in [0.29, 0.717) is 22.3 Å². The van der Waals surface area contributed by atoms with E-state index < -0.39 is 0 Å².